The van der Waals surface area contributed by atoms with Gasteiger partial charge in [-0.1, -0.05) is 54.6 Å². The number of carbonyl (C=O) groups is 5. The van der Waals surface area contributed by atoms with Crippen LogP contribution >= 0.6 is 0 Å². The van der Waals surface area contributed by atoms with E-state index in [4.69, 9.17) is 9.15 Å². The van der Waals surface area contributed by atoms with Crippen LogP contribution in [0.4, 0.5) is 13.2 Å². The fourth-order valence-corrected chi connectivity index (χ4v) is 5.72. The number of fused-ring (bicyclic) bond motifs is 1. The van der Waals surface area contributed by atoms with E-state index in [1.165, 1.54) is 43.2 Å². The van der Waals surface area contributed by atoms with E-state index in [1.807, 2.05) is 69.3 Å². The van der Waals surface area contributed by atoms with Crippen LogP contribution in [-0.2, 0) is 75.9 Å². The van der Waals surface area contributed by atoms with Crippen molar-refractivity contribution in [3.8, 4) is 11.1 Å². The molecule has 305 valence electrons. The van der Waals surface area contributed by atoms with Crippen LogP contribution in [-0.4, -0.2) is 45.3 Å². The molecule has 3 aromatic carbocycles. The first-order valence-electron chi connectivity index (χ1n) is 17.7. The van der Waals surface area contributed by atoms with Crippen molar-refractivity contribution in [3.05, 3.63) is 117 Å². The van der Waals surface area contributed by atoms with Crippen molar-refractivity contribution in [1.82, 2.24) is 5.32 Å². The van der Waals surface area contributed by atoms with Crippen molar-refractivity contribution in [2.24, 2.45) is 0 Å². The van der Waals surface area contributed by atoms with Gasteiger partial charge in [0.25, 0.3) is 0 Å². The van der Waals surface area contributed by atoms with Crippen LogP contribution in [0.5, 0.6) is 0 Å². The van der Waals surface area contributed by atoms with E-state index in [1.54, 1.807) is 0 Å². The van der Waals surface area contributed by atoms with Crippen LogP contribution in [0.3, 0.4) is 0 Å². The normalized spacial score (nSPS) is 11.3. The van der Waals surface area contributed by atoms with Gasteiger partial charge in [0, 0.05) is 32.9 Å². The minimum absolute atomic E-state index is 0. The predicted molar refractivity (Wildman–Crippen MR) is 206 cm³/mol. The third kappa shape index (κ3) is 16.3. The average Bonchev–Trinajstić information content (AvgIpc) is 3.86. The van der Waals surface area contributed by atoms with Crippen molar-refractivity contribution in [2.75, 3.05) is 7.11 Å². The van der Waals surface area contributed by atoms with Gasteiger partial charge in [0.15, 0.2) is 6.29 Å². The van der Waals surface area contributed by atoms with Crippen molar-refractivity contribution in [3.63, 3.8) is 0 Å². The number of benzene rings is 3. The first kappa shape index (κ1) is 51.3. The number of alkyl halides is 3. The minimum atomic E-state index is -4.47. The van der Waals surface area contributed by atoms with E-state index in [0.29, 0.717) is 6.54 Å². The summed E-state index contributed by atoms with van der Waals surface area (Å²) < 4.78 is 51.1. The number of esters is 1. The summed E-state index contributed by atoms with van der Waals surface area (Å²) in [6.07, 6.45) is -0.00887. The standard InChI is InChI=1S/C24H24F3NO3.C12H14O.C4H6O4.C2H3BO2.Na/c1-23(2,22(29)30-3)19-6-4-5-18(13-19)17-9-7-16(8-10-17)14-28-15-20-11-12-21(31-20)24(25,26)27;1-8-6-9(2)12(7-13)11-5-3-4-10(8)11;1-3(5)7-8-4(2)6;1-2(4)5-3;/h4-13,28H,14-15H2,1-3H3;6-7H,3-5H2,1-2H3;1-2H3;1H3;/q;;;-1;+1. The summed E-state index contributed by atoms with van der Waals surface area (Å²) in [7, 11) is 5.70. The zero-order valence-electron chi connectivity index (χ0n) is 34.3. The Morgan fingerprint density at radius 2 is 1.40 bits per heavy atom. The summed E-state index contributed by atoms with van der Waals surface area (Å²) in [5.74, 6) is -2.81. The molecular formula is C42H47BF3NNaO10. The monoisotopic (exact) mass is 816 g/mol. The Labute approximate surface area is 360 Å². The Hall–Kier alpha value is -4.70. The number of furan rings is 1. The molecule has 0 fully saturated rings. The third-order valence-electron chi connectivity index (χ3n) is 8.57. The quantitative estimate of drug-likeness (QED) is 0.0846. The summed E-state index contributed by atoms with van der Waals surface area (Å²) in [5, 5.41) is 3.08. The number of carbonyl (C=O) groups excluding carboxylic acids is 5. The Bertz CT molecular complexity index is 1980. The van der Waals surface area contributed by atoms with Gasteiger partial charge in [-0.2, -0.15) is 13.2 Å². The SMILES string of the molecule is CC(=O)OOC(C)=O.COC(=O)C(C)(C)c1cccc(-c2ccc(CNCc3ccc(C(F)(F)F)o3)cc2)c1.Cc1cc(C)c2c(c1C=O)CCC2.[B-]OC(C)=O.[Na+]. The summed E-state index contributed by atoms with van der Waals surface area (Å²) >= 11 is 0. The van der Waals surface area contributed by atoms with E-state index in [-0.39, 0.29) is 47.8 Å². The second-order valence-electron chi connectivity index (χ2n) is 13.4. The van der Waals surface area contributed by atoms with Crippen molar-refractivity contribution < 1.29 is 90.3 Å². The van der Waals surface area contributed by atoms with Gasteiger partial charge in [0.1, 0.15) is 5.76 Å². The van der Waals surface area contributed by atoms with Crippen LogP contribution < -0.4 is 34.9 Å². The second kappa shape index (κ2) is 24.3. The number of aldehydes is 1. The first-order chi connectivity index (χ1) is 26.7. The molecule has 0 bridgehead atoms. The number of hydrogen-bond donors (Lipinski definition) is 1. The Kier molecular flexibility index (Phi) is 21.5. The predicted octanol–water partition coefficient (Wildman–Crippen LogP) is 4.98. The van der Waals surface area contributed by atoms with Crippen LogP contribution in [0.15, 0.2) is 71.1 Å². The molecule has 58 heavy (non-hydrogen) atoms. The molecule has 1 aliphatic carbocycles. The molecule has 1 N–H and O–H groups in total. The van der Waals surface area contributed by atoms with Crippen molar-refractivity contribution in [1.29, 1.82) is 0 Å². The fraction of sp³-hybridized carbons (Fsp3) is 0.357. The van der Waals surface area contributed by atoms with E-state index in [9.17, 15) is 37.1 Å². The van der Waals surface area contributed by atoms with Crippen molar-refractivity contribution in [2.45, 2.75) is 92.4 Å². The van der Waals surface area contributed by atoms with Gasteiger partial charge < -0.3 is 27.2 Å². The van der Waals surface area contributed by atoms with E-state index in [2.05, 4.69) is 40.8 Å². The Morgan fingerprint density at radius 1 is 0.810 bits per heavy atom. The van der Waals surface area contributed by atoms with Gasteiger partial charge in [-0.05, 0) is 104 Å². The second-order valence-corrected chi connectivity index (χ2v) is 13.4. The van der Waals surface area contributed by atoms with Gasteiger partial charge in [-0.3, -0.25) is 14.4 Å². The number of methoxy groups -OCH3 is 1. The van der Waals surface area contributed by atoms with Gasteiger partial charge in [-0.25, -0.2) is 19.4 Å². The summed E-state index contributed by atoms with van der Waals surface area (Å²) in [6, 6.07) is 20.0. The Morgan fingerprint density at radius 3 is 1.90 bits per heavy atom. The van der Waals surface area contributed by atoms with E-state index < -0.39 is 35.3 Å². The maximum absolute atomic E-state index is 12.6. The number of hydrogen-bond acceptors (Lipinski definition) is 11. The van der Waals surface area contributed by atoms with Crippen LogP contribution in [0.1, 0.15) is 96.3 Å². The smallest absolute Gasteiger partial charge is 0.793 e. The molecule has 5 rings (SSSR count). The molecule has 0 amide bonds. The van der Waals surface area contributed by atoms with Crippen LogP contribution in [0.2, 0.25) is 0 Å². The van der Waals surface area contributed by atoms with E-state index >= 15 is 0 Å². The molecule has 3 radical (unpaired) electrons. The van der Waals surface area contributed by atoms with Crippen LogP contribution in [0.25, 0.3) is 11.1 Å². The Balaban J connectivity index is 0.000000507. The van der Waals surface area contributed by atoms with Gasteiger partial charge in [0.05, 0.1) is 19.1 Å². The zero-order valence-corrected chi connectivity index (χ0v) is 36.3. The summed E-state index contributed by atoms with van der Waals surface area (Å²) in [5.41, 5.74) is 9.22. The molecule has 0 aliphatic heterocycles. The molecule has 0 saturated heterocycles. The number of halogens is 3. The molecule has 1 aromatic heterocycles. The minimum Gasteiger partial charge on any atom is -0.793 e. The molecule has 0 spiro atoms. The zero-order chi connectivity index (χ0) is 42.9. The van der Waals surface area contributed by atoms with Gasteiger partial charge in [0.2, 0.25) is 11.7 Å². The molecule has 1 aliphatic rings. The topological polar surface area (TPSA) is 147 Å². The number of rotatable bonds is 8. The van der Waals surface area contributed by atoms with Crippen LogP contribution in [0, 0.1) is 13.8 Å². The number of aryl methyl sites for hydroxylation is 2. The van der Waals surface area contributed by atoms with E-state index in [0.717, 1.165) is 72.4 Å². The van der Waals surface area contributed by atoms with Gasteiger partial charge in [-0.15, -0.1) is 0 Å². The fourth-order valence-electron chi connectivity index (χ4n) is 5.72. The molecule has 4 aromatic rings. The molecule has 0 atom stereocenters. The number of ether oxygens (including phenoxy) is 1. The maximum Gasteiger partial charge on any atom is 1.00 e. The number of nitrogens with one attached hydrogen (secondary N) is 1. The first-order valence-corrected chi connectivity index (χ1v) is 17.7. The average molecular weight is 817 g/mol. The summed E-state index contributed by atoms with van der Waals surface area (Å²) in [6.45, 7) is 12.0. The summed E-state index contributed by atoms with van der Waals surface area (Å²) in [4.78, 5) is 59.8. The molecule has 0 saturated carbocycles. The molecular weight excluding hydrogens is 769 g/mol. The van der Waals surface area contributed by atoms with Gasteiger partial charge >= 0.3 is 53.6 Å². The maximum atomic E-state index is 12.6. The molecule has 11 nitrogen and oxygen atoms in total. The largest absolute Gasteiger partial charge is 1.00 e. The molecule has 0 unspecified atom stereocenters. The molecule has 16 heteroatoms. The third-order valence-corrected chi connectivity index (χ3v) is 8.57. The molecule has 1 heterocycles. The van der Waals surface area contributed by atoms with Crippen molar-refractivity contribution >= 4 is 38.2 Å².